The van der Waals surface area contributed by atoms with Gasteiger partial charge < -0.3 is 30.3 Å². The Labute approximate surface area is 299 Å². The molecule has 4 aliphatic rings. The second kappa shape index (κ2) is 16.5. The monoisotopic (exact) mass is 729 g/mol. The average Bonchev–Trinajstić information content (AvgIpc) is 3.37. The number of hydrogen-bond acceptors (Lipinski definition) is 9. The van der Waals surface area contributed by atoms with Crippen molar-refractivity contribution in [3.8, 4) is 5.75 Å². The lowest BCUT2D eigenvalue weighted by Gasteiger charge is -2.30. The van der Waals surface area contributed by atoms with Gasteiger partial charge in [-0.2, -0.15) is 0 Å². The number of nitrogens with one attached hydrogen (secondary N) is 4. The first kappa shape index (κ1) is 38.1. The van der Waals surface area contributed by atoms with Crippen molar-refractivity contribution in [1.29, 1.82) is 0 Å². The van der Waals surface area contributed by atoms with Gasteiger partial charge in [0.2, 0.25) is 21.8 Å². The summed E-state index contributed by atoms with van der Waals surface area (Å²) in [6.07, 6.45) is 10.0. The molecule has 1 saturated heterocycles. The molecule has 5 amide bonds. The van der Waals surface area contributed by atoms with E-state index in [1.165, 1.54) is 18.9 Å². The number of rotatable bonds is 9. The number of carbonyl (C=O) groups is 5. The summed E-state index contributed by atoms with van der Waals surface area (Å²) >= 11 is 0. The molecular weight excluding hydrogens is 678 g/mol. The number of benzene rings is 1. The summed E-state index contributed by atoms with van der Waals surface area (Å²) < 4.78 is 38.8. The number of hydrogen-bond donors (Lipinski definition) is 4. The Morgan fingerprint density at radius 2 is 1.73 bits per heavy atom. The number of ether oxygens (including phenoxy) is 2. The van der Waals surface area contributed by atoms with Crippen LogP contribution in [-0.2, 0) is 29.1 Å². The van der Waals surface area contributed by atoms with Crippen molar-refractivity contribution in [3.05, 3.63) is 42.0 Å². The molecule has 0 bridgehead atoms. The second-order valence-electron chi connectivity index (χ2n) is 14.2. The van der Waals surface area contributed by atoms with Crippen LogP contribution in [0.25, 0.3) is 0 Å². The van der Waals surface area contributed by atoms with Crippen LogP contribution in [0, 0.1) is 5.92 Å². The zero-order valence-corrected chi connectivity index (χ0v) is 30.5. The van der Waals surface area contributed by atoms with Gasteiger partial charge in [-0.3, -0.25) is 23.9 Å². The fourth-order valence-electron chi connectivity index (χ4n) is 7.11. The highest BCUT2D eigenvalue weighted by molar-refractivity contribution is 7.90. The predicted octanol–water partition coefficient (Wildman–Crippen LogP) is 3.07. The highest BCUT2D eigenvalue weighted by Crippen LogP contribution is 2.45. The van der Waals surface area contributed by atoms with Gasteiger partial charge in [0.1, 0.15) is 29.5 Å². The van der Waals surface area contributed by atoms with E-state index in [0.717, 1.165) is 38.5 Å². The number of nitrogens with zero attached hydrogens (tertiary/aromatic N) is 1. The molecule has 1 aromatic carbocycles. The van der Waals surface area contributed by atoms with Crippen LogP contribution in [0.5, 0.6) is 5.75 Å². The van der Waals surface area contributed by atoms with Crippen molar-refractivity contribution >= 4 is 39.7 Å². The molecule has 5 rings (SSSR count). The standard InChI is InChI=1S/C36H51N5O9S/c1-4-23(2)51(47,48)40-34(45)36-21-25(36)12-8-6-5-7-9-15-29(38-35(46)50-28-13-10-11-14-28)33(44)41-22-26(20-30(41)32(43)39-36)37-31(42)24-16-18-27(49-3)19-17-24/h8,12,16-19,23,25-26,28-30H,4-7,9-11,13-15,20-22H2,1-3H3,(H,37,42)(H,38,46)(H,39,43)(H,40,45)/b12-8-/t23?,25-,26-,29+,30+,36-/m1/s1. The quantitative estimate of drug-likeness (QED) is 0.277. The lowest BCUT2D eigenvalue weighted by molar-refractivity contribution is -0.141. The van der Waals surface area contributed by atoms with Crippen LogP contribution in [0.1, 0.15) is 101 Å². The Bertz CT molecular complexity index is 1590. The Hall–Kier alpha value is -4.14. The van der Waals surface area contributed by atoms with Crippen molar-refractivity contribution in [2.45, 2.75) is 126 Å². The summed E-state index contributed by atoms with van der Waals surface area (Å²) in [5, 5.41) is 7.70. The molecule has 2 aliphatic carbocycles. The highest BCUT2D eigenvalue weighted by Gasteiger charge is 2.61. The number of fused-ring (bicyclic) bond motifs is 2. The van der Waals surface area contributed by atoms with Crippen LogP contribution in [0.3, 0.4) is 0 Å². The van der Waals surface area contributed by atoms with E-state index in [1.807, 2.05) is 12.2 Å². The highest BCUT2D eigenvalue weighted by atomic mass is 32.2. The van der Waals surface area contributed by atoms with Gasteiger partial charge in [-0.05, 0) is 95.4 Å². The molecule has 14 nitrogen and oxygen atoms in total. The molecule has 15 heteroatoms. The Balaban J connectivity index is 1.41. The summed E-state index contributed by atoms with van der Waals surface area (Å²) in [5.41, 5.74) is -1.17. The lowest BCUT2D eigenvalue weighted by Crippen LogP contribution is -2.58. The maximum absolute atomic E-state index is 14.3. The first-order valence-corrected chi connectivity index (χ1v) is 19.7. The minimum atomic E-state index is -4.01. The fourth-order valence-corrected chi connectivity index (χ4v) is 8.19. The molecule has 1 aromatic rings. The number of alkyl carbamates (subject to hydrolysis) is 1. The van der Waals surface area contributed by atoms with Gasteiger partial charge in [0.25, 0.3) is 11.8 Å². The second-order valence-corrected chi connectivity index (χ2v) is 16.3. The molecule has 2 aliphatic heterocycles. The molecular formula is C36H51N5O9S. The molecule has 6 atom stereocenters. The van der Waals surface area contributed by atoms with Crippen LogP contribution in [-0.4, -0.2) is 91.7 Å². The third-order valence-electron chi connectivity index (χ3n) is 10.6. The van der Waals surface area contributed by atoms with Gasteiger partial charge in [0.05, 0.1) is 12.4 Å². The molecule has 2 saturated carbocycles. The van der Waals surface area contributed by atoms with Gasteiger partial charge in [0, 0.05) is 24.1 Å². The molecule has 0 radical (unpaired) electrons. The lowest BCUT2D eigenvalue weighted by atomic mass is 10.0. The van der Waals surface area contributed by atoms with Crippen molar-refractivity contribution in [2.24, 2.45) is 5.92 Å². The number of amides is 5. The number of sulfonamides is 1. The topological polar surface area (TPSA) is 189 Å². The van der Waals surface area contributed by atoms with E-state index in [2.05, 4.69) is 20.7 Å². The number of carbonyl (C=O) groups excluding carboxylic acids is 5. The summed E-state index contributed by atoms with van der Waals surface area (Å²) in [6.45, 7) is 3.18. The summed E-state index contributed by atoms with van der Waals surface area (Å²) in [4.78, 5) is 69.8. The Morgan fingerprint density at radius 3 is 2.41 bits per heavy atom. The van der Waals surface area contributed by atoms with Gasteiger partial charge in [-0.25, -0.2) is 13.2 Å². The third kappa shape index (κ3) is 9.21. The maximum Gasteiger partial charge on any atom is 0.408 e. The molecule has 3 fully saturated rings. The number of methoxy groups -OCH3 is 1. The van der Waals surface area contributed by atoms with Crippen LogP contribution in [0.2, 0.25) is 0 Å². The Kier molecular flexibility index (Phi) is 12.3. The summed E-state index contributed by atoms with van der Waals surface area (Å²) in [5.74, 6) is -2.27. The van der Waals surface area contributed by atoms with Gasteiger partial charge in [-0.15, -0.1) is 0 Å². The maximum atomic E-state index is 14.3. The molecule has 2 heterocycles. The molecule has 51 heavy (non-hydrogen) atoms. The third-order valence-corrected chi connectivity index (χ3v) is 12.4. The zero-order valence-electron chi connectivity index (χ0n) is 29.7. The normalized spacial score (nSPS) is 28.5. The predicted molar refractivity (Wildman–Crippen MR) is 188 cm³/mol. The molecule has 280 valence electrons. The summed E-state index contributed by atoms with van der Waals surface area (Å²) in [7, 11) is -2.49. The Morgan fingerprint density at radius 1 is 1.02 bits per heavy atom. The van der Waals surface area contributed by atoms with Crippen LogP contribution >= 0.6 is 0 Å². The van der Waals surface area contributed by atoms with E-state index < -0.39 is 74.6 Å². The molecule has 0 spiro atoms. The summed E-state index contributed by atoms with van der Waals surface area (Å²) in [6, 6.07) is 3.75. The first-order valence-electron chi connectivity index (χ1n) is 18.1. The average molecular weight is 730 g/mol. The van der Waals surface area contributed by atoms with Crippen LogP contribution < -0.4 is 25.4 Å². The van der Waals surface area contributed by atoms with E-state index in [-0.39, 0.29) is 31.9 Å². The van der Waals surface area contributed by atoms with Crippen molar-refractivity contribution in [3.63, 3.8) is 0 Å². The minimum absolute atomic E-state index is 0.0282. The van der Waals surface area contributed by atoms with E-state index in [4.69, 9.17) is 9.47 Å². The molecule has 4 N–H and O–H groups in total. The van der Waals surface area contributed by atoms with Crippen LogP contribution in [0.4, 0.5) is 4.79 Å². The zero-order chi connectivity index (χ0) is 36.8. The minimum Gasteiger partial charge on any atom is -0.497 e. The van der Waals surface area contributed by atoms with E-state index in [0.29, 0.717) is 30.6 Å². The van der Waals surface area contributed by atoms with Crippen LogP contribution in [0.15, 0.2) is 36.4 Å². The smallest absolute Gasteiger partial charge is 0.408 e. The van der Waals surface area contributed by atoms with Gasteiger partial charge in [-0.1, -0.05) is 31.9 Å². The fraction of sp³-hybridized carbons (Fsp3) is 0.639. The molecule has 0 aromatic heterocycles. The van der Waals surface area contributed by atoms with E-state index >= 15 is 0 Å². The van der Waals surface area contributed by atoms with Gasteiger partial charge in [0.15, 0.2) is 0 Å². The first-order chi connectivity index (χ1) is 24.4. The van der Waals surface area contributed by atoms with E-state index in [1.54, 1.807) is 31.2 Å². The molecule has 1 unspecified atom stereocenters. The van der Waals surface area contributed by atoms with Crippen molar-refractivity contribution in [2.75, 3.05) is 13.7 Å². The van der Waals surface area contributed by atoms with Crippen molar-refractivity contribution < 1.29 is 41.9 Å². The van der Waals surface area contributed by atoms with E-state index in [9.17, 15) is 32.4 Å². The SMILES string of the molecule is CCC(C)S(=O)(=O)NC(=O)[C@@]12C[C@H]1/C=C\CCCCC[C@H](NC(=O)OC1CCCC1)C(=O)N1C[C@H](NC(=O)c3ccc(OC)cc3)C[C@H]1C(=O)N2. The largest absolute Gasteiger partial charge is 0.497 e. The van der Waals surface area contributed by atoms with Crippen molar-refractivity contribution in [1.82, 2.24) is 25.6 Å². The van der Waals surface area contributed by atoms with Gasteiger partial charge >= 0.3 is 6.09 Å². The number of allylic oxidation sites excluding steroid dienone is 1.